The van der Waals surface area contributed by atoms with Gasteiger partial charge in [0.25, 0.3) is 0 Å². The molecule has 8 unspecified atom stereocenters. The van der Waals surface area contributed by atoms with Gasteiger partial charge in [0.1, 0.15) is 0 Å². The van der Waals surface area contributed by atoms with Gasteiger partial charge in [0.05, 0.1) is 24.4 Å². The molecule has 2 saturated carbocycles. The second kappa shape index (κ2) is 2.99. The van der Waals surface area contributed by atoms with Gasteiger partial charge in [0.15, 0.2) is 0 Å². The fourth-order valence-corrected chi connectivity index (χ4v) is 4.28. The van der Waals surface area contributed by atoms with Crippen molar-refractivity contribution in [3.05, 3.63) is 25.3 Å². The molecule has 86 valence electrons. The smallest absolute Gasteiger partial charge is 0.0913 e. The molecular weight excluding hydrogens is 200 g/mol. The van der Waals surface area contributed by atoms with Crippen molar-refractivity contribution in [2.45, 2.75) is 37.3 Å². The number of fused-ring (bicyclic) bond motifs is 5. The van der Waals surface area contributed by atoms with E-state index in [0.29, 0.717) is 48.1 Å². The molecule has 4 rings (SSSR count). The monoisotopic (exact) mass is 218 g/mol. The van der Waals surface area contributed by atoms with Gasteiger partial charge >= 0.3 is 0 Å². The van der Waals surface area contributed by atoms with Gasteiger partial charge in [-0.15, -0.1) is 13.2 Å². The summed E-state index contributed by atoms with van der Waals surface area (Å²) in [7, 11) is 0. The van der Waals surface area contributed by atoms with Gasteiger partial charge in [-0.2, -0.15) is 0 Å². The predicted octanol–water partition coefficient (Wildman–Crippen LogP) is 2.17. The molecule has 0 aromatic heterocycles. The van der Waals surface area contributed by atoms with Gasteiger partial charge in [0, 0.05) is 11.8 Å². The van der Waals surface area contributed by atoms with Gasteiger partial charge in [0.2, 0.25) is 0 Å². The molecule has 2 saturated heterocycles. The normalized spacial score (nSPS) is 61.2. The Labute approximate surface area is 96.3 Å². The Bertz CT molecular complexity index is 351. The van der Waals surface area contributed by atoms with Crippen LogP contribution in [0.3, 0.4) is 0 Å². The van der Waals surface area contributed by atoms with Crippen LogP contribution in [-0.2, 0) is 9.47 Å². The van der Waals surface area contributed by atoms with Crippen LogP contribution >= 0.6 is 0 Å². The molecule has 0 bridgehead atoms. The Hall–Kier alpha value is -0.600. The first-order valence-corrected chi connectivity index (χ1v) is 6.41. The van der Waals surface area contributed by atoms with Crippen LogP contribution in [0.5, 0.6) is 0 Å². The lowest BCUT2D eigenvalue weighted by Gasteiger charge is -2.39. The summed E-state index contributed by atoms with van der Waals surface area (Å²) in [6.07, 6.45) is 8.64. The summed E-state index contributed by atoms with van der Waals surface area (Å²) in [5.74, 6) is 2.39. The van der Waals surface area contributed by atoms with E-state index in [4.69, 9.17) is 9.47 Å². The number of hydrogen-bond donors (Lipinski definition) is 0. The lowest BCUT2D eigenvalue weighted by molar-refractivity contribution is 0.131. The van der Waals surface area contributed by atoms with Crippen molar-refractivity contribution in [1.82, 2.24) is 0 Å². The second-order valence-corrected chi connectivity index (χ2v) is 5.65. The third-order valence-corrected chi connectivity index (χ3v) is 5.08. The number of hydrogen-bond acceptors (Lipinski definition) is 2. The molecule has 0 aromatic rings. The van der Waals surface area contributed by atoms with Crippen molar-refractivity contribution in [3.8, 4) is 0 Å². The van der Waals surface area contributed by atoms with Gasteiger partial charge in [-0.1, -0.05) is 12.2 Å². The summed E-state index contributed by atoms with van der Waals surface area (Å²) in [6, 6.07) is 0. The molecule has 2 aliphatic heterocycles. The van der Waals surface area contributed by atoms with E-state index < -0.39 is 0 Å². The predicted molar refractivity (Wildman–Crippen MR) is 60.9 cm³/mol. The highest BCUT2D eigenvalue weighted by molar-refractivity contribution is 5.19. The highest BCUT2D eigenvalue weighted by Crippen LogP contribution is 2.59. The standard InChI is InChI=1S/C14H18O2/c1-3-7-8(4-2)12-14(16-12)11-9(7)5-6-10-13(11)15-10/h3-4,7-14H,1-2,5-6H2. The van der Waals surface area contributed by atoms with E-state index in [-0.39, 0.29) is 0 Å². The van der Waals surface area contributed by atoms with Gasteiger partial charge in [-0.3, -0.25) is 0 Å². The molecule has 16 heavy (non-hydrogen) atoms. The third-order valence-electron chi connectivity index (χ3n) is 5.08. The van der Waals surface area contributed by atoms with E-state index in [2.05, 4.69) is 25.3 Å². The summed E-state index contributed by atoms with van der Waals surface area (Å²) in [4.78, 5) is 0. The van der Waals surface area contributed by atoms with Gasteiger partial charge in [-0.05, 0) is 24.7 Å². The minimum atomic E-state index is 0.407. The largest absolute Gasteiger partial charge is 0.369 e. The highest BCUT2D eigenvalue weighted by Gasteiger charge is 2.66. The fraction of sp³-hybridized carbons (Fsp3) is 0.714. The van der Waals surface area contributed by atoms with Crippen LogP contribution in [0.15, 0.2) is 25.3 Å². The molecule has 2 nitrogen and oxygen atoms in total. The van der Waals surface area contributed by atoms with E-state index in [9.17, 15) is 0 Å². The third kappa shape index (κ3) is 1.05. The molecule has 2 heterocycles. The molecule has 2 aliphatic carbocycles. The van der Waals surface area contributed by atoms with Crippen LogP contribution < -0.4 is 0 Å². The van der Waals surface area contributed by atoms with Crippen molar-refractivity contribution < 1.29 is 9.47 Å². The SMILES string of the molecule is C=CC1C(C=C)C2OC2C2C1CCC1OC12. The Balaban J connectivity index is 1.68. The average molecular weight is 218 g/mol. The Morgan fingerprint density at radius 2 is 1.69 bits per heavy atom. The van der Waals surface area contributed by atoms with Crippen molar-refractivity contribution in [1.29, 1.82) is 0 Å². The van der Waals surface area contributed by atoms with Crippen molar-refractivity contribution in [2.24, 2.45) is 23.7 Å². The zero-order valence-electron chi connectivity index (χ0n) is 9.42. The number of rotatable bonds is 2. The van der Waals surface area contributed by atoms with Crippen molar-refractivity contribution in [2.75, 3.05) is 0 Å². The molecule has 0 amide bonds. The minimum Gasteiger partial charge on any atom is -0.369 e. The minimum absolute atomic E-state index is 0.407. The van der Waals surface area contributed by atoms with Crippen LogP contribution in [0.2, 0.25) is 0 Å². The lowest BCUT2D eigenvalue weighted by atomic mass is 9.61. The molecule has 2 heteroatoms. The first-order chi connectivity index (χ1) is 7.85. The highest BCUT2D eigenvalue weighted by atomic mass is 16.6. The number of epoxide rings is 2. The Morgan fingerprint density at radius 1 is 0.875 bits per heavy atom. The summed E-state index contributed by atoms with van der Waals surface area (Å²) < 4.78 is 11.6. The van der Waals surface area contributed by atoms with Crippen LogP contribution in [0, 0.1) is 23.7 Å². The maximum Gasteiger partial charge on any atom is 0.0913 e. The maximum atomic E-state index is 5.88. The van der Waals surface area contributed by atoms with Gasteiger partial charge in [-0.25, -0.2) is 0 Å². The second-order valence-electron chi connectivity index (χ2n) is 5.65. The van der Waals surface area contributed by atoms with E-state index in [1.54, 1.807) is 0 Å². The molecule has 4 fully saturated rings. The summed E-state index contributed by atoms with van der Waals surface area (Å²) in [5.41, 5.74) is 0. The first-order valence-electron chi connectivity index (χ1n) is 6.41. The molecule has 4 aliphatic rings. The zero-order valence-corrected chi connectivity index (χ0v) is 9.42. The molecule has 0 spiro atoms. The molecule has 0 aromatic carbocycles. The van der Waals surface area contributed by atoms with Crippen LogP contribution in [0.1, 0.15) is 12.8 Å². The summed E-state index contributed by atoms with van der Waals surface area (Å²) in [5, 5.41) is 0. The topological polar surface area (TPSA) is 25.1 Å². The molecular formula is C14H18O2. The Kier molecular flexibility index (Phi) is 1.76. The van der Waals surface area contributed by atoms with Crippen LogP contribution in [-0.4, -0.2) is 24.4 Å². The average Bonchev–Trinajstić information content (AvgIpc) is 3.17. The van der Waals surface area contributed by atoms with E-state index in [1.165, 1.54) is 12.8 Å². The maximum absolute atomic E-state index is 5.88. The Morgan fingerprint density at radius 3 is 2.44 bits per heavy atom. The fourth-order valence-electron chi connectivity index (χ4n) is 4.28. The molecule has 0 N–H and O–H groups in total. The lowest BCUT2D eigenvalue weighted by Crippen LogP contribution is -2.43. The van der Waals surface area contributed by atoms with Crippen molar-refractivity contribution in [3.63, 3.8) is 0 Å². The summed E-state index contributed by atoms with van der Waals surface area (Å²) in [6.45, 7) is 7.99. The number of ether oxygens (including phenoxy) is 2. The van der Waals surface area contributed by atoms with Crippen molar-refractivity contribution >= 4 is 0 Å². The number of allylic oxidation sites excluding steroid dienone is 1. The van der Waals surface area contributed by atoms with Crippen LogP contribution in [0.4, 0.5) is 0 Å². The first kappa shape index (κ1) is 9.43. The van der Waals surface area contributed by atoms with Crippen LogP contribution in [0.25, 0.3) is 0 Å². The summed E-state index contributed by atoms with van der Waals surface area (Å²) >= 11 is 0. The quantitative estimate of drug-likeness (QED) is 0.524. The van der Waals surface area contributed by atoms with E-state index in [1.807, 2.05) is 0 Å². The van der Waals surface area contributed by atoms with E-state index in [0.717, 1.165) is 0 Å². The zero-order chi connectivity index (χ0) is 10.9. The molecule has 0 radical (unpaired) electrons. The van der Waals surface area contributed by atoms with E-state index >= 15 is 0 Å². The van der Waals surface area contributed by atoms with Gasteiger partial charge < -0.3 is 9.47 Å². The molecule has 8 atom stereocenters.